The maximum atomic E-state index is 12.7. The monoisotopic (exact) mass is 245 g/mol. The van der Waals surface area contributed by atoms with Crippen molar-refractivity contribution in [2.24, 2.45) is 5.92 Å². The first-order valence-corrected chi connectivity index (χ1v) is 5.73. The van der Waals surface area contributed by atoms with Crippen molar-refractivity contribution >= 4 is 5.69 Å². The minimum Gasteiger partial charge on any atom is -0.382 e. The minimum atomic E-state index is -4.30. The van der Waals surface area contributed by atoms with Crippen LogP contribution in [0.1, 0.15) is 32.8 Å². The minimum absolute atomic E-state index is 0.0264. The number of alkyl halides is 3. The molecule has 1 rings (SSSR count). The third-order valence-electron chi connectivity index (χ3n) is 2.46. The maximum absolute atomic E-state index is 12.7. The third kappa shape index (κ3) is 4.29. The van der Waals surface area contributed by atoms with Gasteiger partial charge < -0.3 is 5.32 Å². The SMILES string of the molecule is CC(C)CC(C)Nc1ccccc1C(F)(F)F. The lowest BCUT2D eigenvalue weighted by molar-refractivity contribution is -0.137. The Labute approximate surface area is 100 Å². The lowest BCUT2D eigenvalue weighted by Gasteiger charge is -2.20. The first kappa shape index (κ1) is 13.9. The van der Waals surface area contributed by atoms with Gasteiger partial charge in [-0.1, -0.05) is 26.0 Å². The van der Waals surface area contributed by atoms with E-state index in [0.717, 1.165) is 12.5 Å². The number of benzene rings is 1. The summed E-state index contributed by atoms with van der Waals surface area (Å²) in [5.74, 6) is 0.454. The fourth-order valence-electron chi connectivity index (χ4n) is 1.89. The van der Waals surface area contributed by atoms with Gasteiger partial charge in [0.25, 0.3) is 0 Å². The van der Waals surface area contributed by atoms with Gasteiger partial charge in [-0.05, 0) is 31.4 Å². The number of para-hydroxylation sites is 1. The van der Waals surface area contributed by atoms with Crippen LogP contribution in [0, 0.1) is 5.92 Å². The van der Waals surface area contributed by atoms with E-state index >= 15 is 0 Å². The Morgan fingerprint density at radius 3 is 2.24 bits per heavy atom. The Hall–Kier alpha value is -1.19. The molecule has 0 radical (unpaired) electrons. The summed E-state index contributed by atoms with van der Waals surface area (Å²) < 4.78 is 38.2. The quantitative estimate of drug-likeness (QED) is 0.820. The molecule has 1 nitrogen and oxygen atoms in total. The number of anilines is 1. The van der Waals surface area contributed by atoms with Gasteiger partial charge in [-0.25, -0.2) is 0 Å². The maximum Gasteiger partial charge on any atom is 0.418 e. The van der Waals surface area contributed by atoms with Gasteiger partial charge in [0.05, 0.1) is 5.56 Å². The largest absolute Gasteiger partial charge is 0.418 e. The van der Waals surface area contributed by atoms with Gasteiger partial charge in [-0.3, -0.25) is 0 Å². The summed E-state index contributed by atoms with van der Waals surface area (Å²) in [6, 6.07) is 5.61. The van der Waals surface area contributed by atoms with E-state index in [1.807, 2.05) is 20.8 Å². The molecule has 0 aliphatic carbocycles. The van der Waals surface area contributed by atoms with Crippen molar-refractivity contribution in [2.75, 3.05) is 5.32 Å². The molecule has 17 heavy (non-hydrogen) atoms. The molecule has 0 heterocycles. The van der Waals surface area contributed by atoms with Crippen molar-refractivity contribution < 1.29 is 13.2 Å². The summed E-state index contributed by atoms with van der Waals surface area (Å²) in [7, 11) is 0. The molecule has 0 saturated heterocycles. The van der Waals surface area contributed by atoms with Gasteiger partial charge in [0.2, 0.25) is 0 Å². The van der Waals surface area contributed by atoms with Crippen LogP contribution in [-0.2, 0) is 6.18 Å². The van der Waals surface area contributed by atoms with Gasteiger partial charge in [0, 0.05) is 11.7 Å². The summed E-state index contributed by atoms with van der Waals surface area (Å²) in [4.78, 5) is 0. The average Bonchev–Trinajstić information content (AvgIpc) is 2.15. The molecule has 0 fully saturated rings. The van der Waals surface area contributed by atoms with E-state index in [1.165, 1.54) is 12.1 Å². The number of halogens is 3. The molecule has 4 heteroatoms. The number of rotatable bonds is 4. The molecule has 1 atom stereocenters. The summed E-state index contributed by atoms with van der Waals surface area (Å²) >= 11 is 0. The molecular formula is C13H18F3N. The summed E-state index contributed by atoms with van der Waals surface area (Å²) in [6.45, 7) is 5.99. The summed E-state index contributed by atoms with van der Waals surface area (Å²) in [6.07, 6.45) is -3.46. The van der Waals surface area contributed by atoms with E-state index < -0.39 is 11.7 Å². The second-order valence-corrected chi connectivity index (χ2v) is 4.72. The molecule has 1 N–H and O–H groups in total. The predicted molar refractivity (Wildman–Crippen MR) is 64.0 cm³/mol. The average molecular weight is 245 g/mol. The number of nitrogens with one attached hydrogen (secondary N) is 1. The summed E-state index contributed by atoms with van der Waals surface area (Å²) in [5.41, 5.74) is -0.441. The van der Waals surface area contributed by atoms with E-state index in [4.69, 9.17) is 0 Å². The van der Waals surface area contributed by atoms with E-state index in [9.17, 15) is 13.2 Å². The van der Waals surface area contributed by atoms with E-state index in [2.05, 4.69) is 5.32 Å². The standard InChI is InChI=1S/C13H18F3N/c1-9(2)8-10(3)17-12-7-5-4-6-11(12)13(14,15)16/h4-7,9-10,17H,8H2,1-3H3. The van der Waals surface area contributed by atoms with Crippen LogP contribution in [-0.4, -0.2) is 6.04 Å². The van der Waals surface area contributed by atoms with Crippen LogP contribution in [0.5, 0.6) is 0 Å². The Morgan fingerprint density at radius 2 is 1.71 bits per heavy atom. The highest BCUT2D eigenvalue weighted by Crippen LogP contribution is 2.35. The highest BCUT2D eigenvalue weighted by Gasteiger charge is 2.33. The molecule has 1 aromatic rings. The molecule has 0 amide bonds. The molecule has 0 spiro atoms. The van der Waals surface area contributed by atoms with Crippen LogP contribution in [0.4, 0.5) is 18.9 Å². The second kappa shape index (κ2) is 5.43. The number of hydrogen-bond donors (Lipinski definition) is 1. The molecule has 0 aliphatic heterocycles. The molecule has 0 bridgehead atoms. The van der Waals surface area contributed by atoms with Gasteiger partial charge in [-0.2, -0.15) is 13.2 Å². The normalized spacial score (nSPS) is 13.8. The highest BCUT2D eigenvalue weighted by atomic mass is 19.4. The molecule has 1 unspecified atom stereocenters. The van der Waals surface area contributed by atoms with Crippen molar-refractivity contribution in [3.05, 3.63) is 29.8 Å². The van der Waals surface area contributed by atoms with Crippen LogP contribution in [0.3, 0.4) is 0 Å². The Kier molecular flexibility index (Phi) is 4.43. The van der Waals surface area contributed by atoms with Crippen molar-refractivity contribution in [1.82, 2.24) is 0 Å². The van der Waals surface area contributed by atoms with Crippen LogP contribution < -0.4 is 5.32 Å². The van der Waals surface area contributed by atoms with E-state index in [-0.39, 0.29) is 11.7 Å². The zero-order valence-corrected chi connectivity index (χ0v) is 10.3. The van der Waals surface area contributed by atoms with Crippen molar-refractivity contribution in [3.63, 3.8) is 0 Å². The Balaban J connectivity index is 2.84. The van der Waals surface area contributed by atoms with Gasteiger partial charge in [0.1, 0.15) is 0 Å². The summed E-state index contributed by atoms with van der Waals surface area (Å²) in [5, 5.41) is 2.93. The van der Waals surface area contributed by atoms with Crippen molar-refractivity contribution in [3.8, 4) is 0 Å². The predicted octanol–water partition coefficient (Wildman–Crippen LogP) is 4.55. The second-order valence-electron chi connectivity index (χ2n) is 4.72. The zero-order chi connectivity index (χ0) is 13.1. The van der Waals surface area contributed by atoms with Crippen LogP contribution in [0.15, 0.2) is 24.3 Å². The van der Waals surface area contributed by atoms with Crippen molar-refractivity contribution in [1.29, 1.82) is 0 Å². The first-order valence-electron chi connectivity index (χ1n) is 5.73. The van der Waals surface area contributed by atoms with Gasteiger partial charge in [-0.15, -0.1) is 0 Å². The van der Waals surface area contributed by atoms with Crippen LogP contribution in [0.25, 0.3) is 0 Å². The first-order chi connectivity index (χ1) is 7.80. The van der Waals surface area contributed by atoms with E-state index in [1.54, 1.807) is 6.07 Å². The topological polar surface area (TPSA) is 12.0 Å². The molecule has 96 valence electrons. The molecule has 1 aromatic carbocycles. The smallest absolute Gasteiger partial charge is 0.382 e. The van der Waals surface area contributed by atoms with Crippen LogP contribution >= 0.6 is 0 Å². The fraction of sp³-hybridized carbons (Fsp3) is 0.538. The zero-order valence-electron chi connectivity index (χ0n) is 10.3. The molecule has 0 saturated carbocycles. The molecular weight excluding hydrogens is 227 g/mol. The van der Waals surface area contributed by atoms with Crippen molar-refractivity contribution in [2.45, 2.75) is 39.4 Å². The molecule has 0 aliphatic rings. The van der Waals surface area contributed by atoms with Gasteiger partial charge in [0.15, 0.2) is 0 Å². The Bertz CT molecular complexity index is 358. The van der Waals surface area contributed by atoms with Crippen LogP contribution in [0.2, 0.25) is 0 Å². The lowest BCUT2D eigenvalue weighted by Crippen LogP contribution is -2.20. The fourth-order valence-corrected chi connectivity index (χ4v) is 1.89. The Morgan fingerprint density at radius 1 is 1.12 bits per heavy atom. The highest BCUT2D eigenvalue weighted by molar-refractivity contribution is 5.53. The molecule has 0 aromatic heterocycles. The van der Waals surface area contributed by atoms with Gasteiger partial charge >= 0.3 is 6.18 Å². The number of hydrogen-bond acceptors (Lipinski definition) is 1. The lowest BCUT2D eigenvalue weighted by atomic mass is 10.0. The van der Waals surface area contributed by atoms with E-state index in [0.29, 0.717) is 5.92 Å². The third-order valence-corrected chi connectivity index (χ3v) is 2.46.